The molecule has 7 nitrogen and oxygen atoms in total. The third-order valence-corrected chi connectivity index (χ3v) is 5.18. The Bertz CT molecular complexity index is 885. The van der Waals surface area contributed by atoms with E-state index in [9.17, 15) is 13.2 Å². The molecule has 0 aliphatic carbocycles. The maximum atomic E-state index is 12.5. The lowest BCUT2D eigenvalue weighted by Gasteiger charge is -2.11. The number of carbonyl (C=O) groups excluding carboxylic acids is 1. The van der Waals surface area contributed by atoms with E-state index in [4.69, 9.17) is 21.1 Å². The standard InChI is InChI=1S/C18H21ClN2O5S/c1-13-3-5-14(6-4-13)21-27(23,24)15-7-8-17(16(19)11-15)26-12-18(22)20-9-10-25-2/h3-8,11,21H,9-10,12H2,1-2H3,(H,20,22). The van der Waals surface area contributed by atoms with Crippen LogP contribution in [0.4, 0.5) is 5.69 Å². The van der Waals surface area contributed by atoms with Crippen molar-refractivity contribution in [2.75, 3.05) is 31.6 Å². The second-order valence-electron chi connectivity index (χ2n) is 5.70. The molecule has 0 saturated heterocycles. The van der Waals surface area contributed by atoms with Gasteiger partial charge in [0.1, 0.15) is 5.75 Å². The third kappa shape index (κ3) is 6.42. The summed E-state index contributed by atoms with van der Waals surface area (Å²) in [4.78, 5) is 11.6. The predicted octanol–water partition coefficient (Wildman–Crippen LogP) is 2.59. The summed E-state index contributed by atoms with van der Waals surface area (Å²) in [5, 5.41) is 2.69. The zero-order valence-electron chi connectivity index (χ0n) is 15.0. The Morgan fingerprint density at radius 1 is 1.15 bits per heavy atom. The number of ether oxygens (including phenoxy) is 2. The topological polar surface area (TPSA) is 93.7 Å². The van der Waals surface area contributed by atoms with E-state index in [-0.39, 0.29) is 28.2 Å². The first kappa shape index (κ1) is 21.0. The van der Waals surface area contributed by atoms with Crippen LogP contribution in [0.15, 0.2) is 47.4 Å². The Morgan fingerprint density at radius 3 is 2.48 bits per heavy atom. The molecule has 1 amide bonds. The average Bonchev–Trinajstić information content (AvgIpc) is 2.62. The van der Waals surface area contributed by atoms with Crippen LogP contribution in [-0.2, 0) is 19.6 Å². The number of rotatable bonds is 9. The fourth-order valence-electron chi connectivity index (χ4n) is 2.09. The zero-order valence-corrected chi connectivity index (χ0v) is 16.6. The van der Waals surface area contributed by atoms with Gasteiger partial charge in [-0.2, -0.15) is 0 Å². The van der Waals surface area contributed by atoms with Gasteiger partial charge in [-0.05, 0) is 37.3 Å². The molecule has 0 unspecified atom stereocenters. The Hall–Kier alpha value is -2.29. The van der Waals surface area contributed by atoms with E-state index in [1.54, 1.807) is 24.3 Å². The minimum atomic E-state index is -3.79. The highest BCUT2D eigenvalue weighted by molar-refractivity contribution is 7.92. The molecule has 0 fully saturated rings. The highest BCUT2D eigenvalue weighted by Crippen LogP contribution is 2.28. The molecule has 0 aliphatic rings. The molecule has 2 rings (SSSR count). The highest BCUT2D eigenvalue weighted by Gasteiger charge is 2.17. The Kier molecular flexibility index (Phi) is 7.46. The van der Waals surface area contributed by atoms with Crippen LogP contribution in [0.3, 0.4) is 0 Å². The van der Waals surface area contributed by atoms with Crippen molar-refractivity contribution in [3.8, 4) is 5.75 Å². The van der Waals surface area contributed by atoms with Crippen LogP contribution in [0.2, 0.25) is 5.02 Å². The zero-order chi connectivity index (χ0) is 19.9. The van der Waals surface area contributed by atoms with Crippen molar-refractivity contribution in [1.82, 2.24) is 5.32 Å². The lowest BCUT2D eigenvalue weighted by molar-refractivity contribution is -0.123. The predicted molar refractivity (Wildman–Crippen MR) is 104 cm³/mol. The molecule has 9 heteroatoms. The first-order chi connectivity index (χ1) is 12.8. The number of hydrogen-bond donors (Lipinski definition) is 2. The van der Waals surface area contributed by atoms with Crippen LogP contribution < -0.4 is 14.8 Å². The number of halogens is 1. The number of methoxy groups -OCH3 is 1. The van der Waals surface area contributed by atoms with Gasteiger partial charge in [0.25, 0.3) is 15.9 Å². The average molecular weight is 413 g/mol. The molecule has 146 valence electrons. The molecule has 0 aliphatic heterocycles. The molecular formula is C18H21ClN2O5S. The Balaban J connectivity index is 2.02. The van der Waals surface area contributed by atoms with Gasteiger partial charge in [0.15, 0.2) is 6.61 Å². The molecule has 27 heavy (non-hydrogen) atoms. The Morgan fingerprint density at radius 2 is 1.85 bits per heavy atom. The second kappa shape index (κ2) is 9.59. The van der Waals surface area contributed by atoms with Crippen molar-refractivity contribution in [3.05, 3.63) is 53.1 Å². The highest BCUT2D eigenvalue weighted by atomic mass is 35.5. The maximum Gasteiger partial charge on any atom is 0.261 e. The molecule has 0 aromatic heterocycles. The molecule has 0 spiro atoms. The molecule has 2 N–H and O–H groups in total. The van der Waals surface area contributed by atoms with E-state index in [0.29, 0.717) is 18.8 Å². The van der Waals surface area contributed by atoms with Crippen LogP contribution >= 0.6 is 11.6 Å². The third-order valence-electron chi connectivity index (χ3n) is 3.50. The fraction of sp³-hybridized carbons (Fsp3) is 0.278. The van der Waals surface area contributed by atoms with E-state index < -0.39 is 10.0 Å². The van der Waals surface area contributed by atoms with Crippen LogP contribution in [0.25, 0.3) is 0 Å². The smallest absolute Gasteiger partial charge is 0.261 e. The SMILES string of the molecule is COCCNC(=O)COc1ccc(S(=O)(=O)Nc2ccc(C)cc2)cc1Cl. The van der Waals surface area contributed by atoms with Gasteiger partial charge < -0.3 is 14.8 Å². The quantitative estimate of drug-likeness (QED) is 0.617. The molecule has 0 radical (unpaired) electrons. The van der Waals surface area contributed by atoms with Gasteiger partial charge in [-0.15, -0.1) is 0 Å². The Labute approximate surface area is 163 Å². The summed E-state index contributed by atoms with van der Waals surface area (Å²) in [6.07, 6.45) is 0. The fourth-order valence-corrected chi connectivity index (χ4v) is 3.47. The number of nitrogens with one attached hydrogen (secondary N) is 2. The number of amides is 1. The minimum absolute atomic E-state index is 0.00929. The molecule has 2 aromatic rings. The largest absolute Gasteiger partial charge is 0.482 e. The van der Waals surface area contributed by atoms with Crippen molar-refractivity contribution in [3.63, 3.8) is 0 Å². The normalized spacial score (nSPS) is 11.1. The van der Waals surface area contributed by atoms with Crippen molar-refractivity contribution in [2.45, 2.75) is 11.8 Å². The monoisotopic (exact) mass is 412 g/mol. The van der Waals surface area contributed by atoms with E-state index in [0.717, 1.165) is 5.56 Å². The van der Waals surface area contributed by atoms with Gasteiger partial charge in [-0.1, -0.05) is 29.3 Å². The second-order valence-corrected chi connectivity index (χ2v) is 7.78. The minimum Gasteiger partial charge on any atom is -0.482 e. The van der Waals surface area contributed by atoms with Crippen LogP contribution in [-0.4, -0.2) is 41.2 Å². The number of carbonyl (C=O) groups is 1. The first-order valence-corrected chi connectivity index (χ1v) is 9.95. The molecule has 0 bridgehead atoms. The van der Waals surface area contributed by atoms with Crippen LogP contribution in [0.5, 0.6) is 5.75 Å². The number of sulfonamides is 1. The first-order valence-electron chi connectivity index (χ1n) is 8.09. The van der Waals surface area contributed by atoms with Gasteiger partial charge in [-0.25, -0.2) is 8.42 Å². The van der Waals surface area contributed by atoms with Crippen molar-refractivity contribution >= 4 is 33.2 Å². The summed E-state index contributed by atoms with van der Waals surface area (Å²) in [6.45, 7) is 2.44. The number of hydrogen-bond acceptors (Lipinski definition) is 5. The molecule has 0 heterocycles. The van der Waals surface area contributed by atoms with Crippen LogP contribution in [0, 0.1) is 6.92 Å². The lowest BCUT2D eigenvalue weighted by Crippen LogP contribution is -2.31. The number of aryl methyl sites for hydroxylation is 1. The van der Waals surface area contributed by atoms with Gasteiger partial charge in [0, 0.05) is 19.3 Å². The van der Waals surface area contributed by atoms with E-state index in [1.807, 2.05) is 6.92 Å². The summed E-state index contributed by atoms with van der Waals surface area (Å²) < 4.78 is 37.6. The summed E-state index contributed by atoms with van der Waals surface area (Å²) in [6, 6.07) is 11.0. The summed E-state index contributed by atoms with van der Waals surface area (Å²) in [5.74, 6) is -0.117. The van der Waals surface area contributed by atoms with Crippen molar-refractivity contribution in [1.29, 1.82) is 0 Å². The van der Waals surface area contributed by atoms with Crippen LogP contribution in [0.1, 0.15) is 5.56 Å². The van der Waals surface area contributed by atoms with Crippen molar-refractivity contribution in [2.24, 2.45) is 0 Å². The summed E-state index contributed by atoms with van der Waals surface area (Å²) >= 11 is 6.10. The van der Waals surface area contributed by atoms with Gasteiger partial charge in [0.05, 0.1) is 16.5 Å². The molecule has 0 atom stereocenters. The van der Waals surface area contributed by atoms with Gasteiger partial charge in [0.2, 0.25) is 0 Å². The summed E-state index contributed by atoms with van der Waals surface area (Å²) in [5.41, 5.74) is 1.47. The van der Waals surface area contributed by atoms with Crippen molar-refractivity contribution < 1.29 is 22.7 Å². The van der Waals surface area contributed by atoms with E-state index in [2.05, 4.69) is 10.0 Å². The molecular weight excluding hydrogens is 392 g/mol. The van der Waals surface area contributed by atoms with Gasteiger partial charge in [-0.3, -0.25) is 9.52 Å². The number of benzene rings is 2. The maximum absolute atomic E-state index is 12.5. The number of anilines is 1. The molecule has 2 aromatic carbocycles. The van der Waals surface area contributed by atoms with E-state index in [1.165, 1.54) is 25.3 Å². The summed E-state index contributed by atoms with van der Waals surface area (Å²) in [7, 11) is -2.26. The van der Waals surface area contributed by atoms with E-state index >= 15 is 0 Å². The van der Waals surface area contributed by atoms with Gasteiger partial charge >= 0.3 is 0 Å². The molecule has 0 saturated carbocycles. The lowest BCUT2D eigenvalue weighted by atomic mass is 10.2.